The van der Waals surface area contributed by atoms with Crippen molar-refractivity contribution in [3.8, 4) is 11.5 Å². The number of aryl methyl sites for hydroxylation is 1. The van der Waals surface area contributed by atoms with Crippen molar-refractivity contribution in [2.75, 3.05) is 24.3 Å². The van der Waals surface area contributed by atoms with Gasteiger partial charge in [0.2, 0.25) is 5.91 Å². The summed E-state index contributed by atoms with van der Waals surface area (Å²) in [6.45, 7) is 0. The lowest BCUT2D eigenvalue weighted by atomic mass is 10.1. The van der Waals surface area contributed by atoms with Gasteiger partial charge in [0.25, 0.3) is 10.0 Å². The molecule has 0 atom stereocenters. The first kappa shape index (κ1) is 22.2. The molecule has 0 aliphatic carbocycles. The van der Waals surface area contributed by atoms with Crippen molar-refractivity contribution in [3.05, 3.63) is 78.4 Å². The fourth-order valence-corrected chi connectivity index (χ4v) is 4.01. The van der Waals surface area contributed by atoms with E-state index in [1.54, 1.807) is 62.8 Å². The minimum Gasteiger partial charge on any atom is -0.493 e. The molecule has 162 valence electrons. The molecular weight excluding hydrogens is 416 g/mol. The van der Waals surface area contributed by atoms with Gasteiger partial charge in [0.1, 0.15) is 0 Å². The molecule has 0 unspecified atom stereocenters. The molecule has 8 heteroatoms. The van der Waals surface area contributed by atoms with E-state index in [1.807, 2.05) is 12.1 Å². The number of benzene rings is 3. The molecule has 0 saturated carbocycles. The Hall–Kier alpha value is -3.52. The molecule has 0 aliphatic heterocycles. The van der Waals surface area contributed by atoms with Gasteiger partial charge in [-0.2, -0.15) is 0 Å². The molecule has 0 aromatic heterocycles. The number of anilines is 2. The number of hydrogen-bond donors (Lipinski definition) is 2. The fourth-order valence-electron chi connectivity index (χ4n) is 2.96. The number of ether oxygens (including phenoxy) is 2. The maximum Gasteiger partial charge on any atom is 0.261 e. The van der Waals surface area contributed by atoms with Crippen molar-refractivity contribution in [3.63, 3.8) is 0 Å². The second kappa shape index (κ2) is 9.99. The molecule has 2 N–H and O–H groups in total. The Balaban J connectivity index is 1.57. The van der Waals surface area contributed by atoms with Gasteiger partial charge in [-0.3, -0.25) is 9.52 Å². The number of nitrogens with one attached hydrogen (secondary N) is 2. The number of hydrogen-bond acceptors (Lipinski definition) is 5. The highest BCUT2D eigenvalue weighted by atomic mass is 32.2. The van der Waals surface area contributed by atoms with Crippen LogP contribution in [-0.4, -0.2) is 28.5 Å². The van der Waals surface area contributed by atoms with Gasteiger partial charge in [0.15, 0.2) is 11.5 Å². The van der Waals surface area contributed by atoms with E-state index in [0.29, 0.717) is 29.3 Å². The van der Waals surface area contributed by atoms with Gasteiger partial charge in [0.05, 0.1) is 19.1 Å². The van der Waals surface area contributed by atoms with Crippen molar-refractivity contribution in [1.82, 2.24) is 0 Å². The lowest BCUT2D eigenvalue weighted by Crippen LogP contribution is -2.14. The predicted molar refractivity (Wildman–Crippen MR) is 120 cm³/mol. The zero-order valence-corrected chi connectivity index (χ0v) is 18.1. The summed E-state index contributed by atoms with van der Waals surface area (Å²) in [6, 6.07) is 20.2. The molecule has 0 aliphatic rings. The number of carbonyl (C=O) groups is 1. The van der Waals surface area contributed by atoms with Crippen LogP contribution in [-0.2, 0) is 21.2 Å². The zero-order valence-electron chi connectivity index (χ0n) is 17.3. The van der Waals surface area contributed by atoms with Gasteiger partial charge in [-0.05, 0) is 60.5 Å². The molecule has 0 bridgehead atoms. The molecule has 0 heterocycles. The highest BCUT2D eigenvalue weighted by molar-refractivity contribution is 7.92. The molecular formula is C23H24N2O5S. The van der Waals surface area contributed by atoms with Crippen LogP contribution in [0.25, 0.3) is 0 Å². The molecule has 3 aromatic carbocycles. The highest BCUT2D eigenvalue weighted by Crippen LogP contribution is 2.28. The standard InChI is InChI=1S/C23H24N2O5S/c1-29-21-14-8-17(16-22(21)30-2)9-15-23(26)24-18-10-12-20(13-11-18)31(27,28)25-19-6-4-3-5-7-19/h3-8,10-14,16,25H,9,15H2,1-2H3,(H,24,26). The Morgan fingerprint density at radius 3 is 2.16 bits per heavy atom. The summed E-state index contributed by atoms with van der Waals surface area (Å²) in [6.07, 6.45) is 0.796. The molecule has 31 heavy (non-hydrogen) atoms. The lowest BCUT2D eigenvalue weighted by molar-refractivity contribution is -0.116. The first-order valence-electron chi connectivity index (χ1n) is 9.60. The number of sulfonamides is 1. The Kier molecular flexibility index (Phi) is 7.15. The van der Waals surface area contributed by atoms with Crippen molar-refractivity contribution < 1.29 is 22.7 Å². The Labute approximate surface area is 182 Å². The molecule has 0 fully saturated rings. The van der Waals surface area contributed by atoms with Gasteiger partial charge >= 0.3 is 0 Å². The van der Waals surface area contributed by atoms with E-state index in [0.717, 1.165) is 5.56 Å². The predicted octanol–water partition coefficient (Wildman–Crippen LogP) is 4.08. The van der Waals surface area contributed by atoms with Crippen LogP contribution in [0.4, 0.5) is 11.4 Å². The van der Waals surface area contributed by atoms with Gasteiger partial charge < -0.3 is 14.8 Å². The second-order valence-corrected chi connectivity index (χ2v) is 8.42. The van der Waals surface area contributed by atoms with E-state index in [4.69, 9.17) is 9.47 Å². The third kappa shape index (κ3) is 5.99. The van der Waals surface area contributed by atoms with Gasteiger partial charge in [-0.1, -0.05) is 24.3 Å². The minimum absolute atomic E-state index is 0.111. The summed E-state index contributed by atoms with van der Waals surface area (Å²) in [5.41, 5.74) is 1.95. The number of para-hydroxylation sites is 1. The number of rotatable bonds is 9. The van der Waals surface area contributed by atoms with Crippen LogP contribution in [0.3, 0.4) is 0 Å². The maximum absolute atomic E-state index is 12.5. The Morgan fingerprint density at radius 2 is 1.52 bits per heavy atom. The summed E-state index contributed by atoms with van der Waals surface area (Å²) < 4.78 is 38.0. The summed E-state index contributed by atoms with van der Waals surface area (Å²) >= 11 is 0. The molecule has 3 rings (SSSR count). The molecule has 0 saturated heterocycles. The van der Waals surface area contributed by atoms with Crippen LogP contribution in [0, 0.1) is 0 Å². The normalized spacial score (nSPS) is 10.9. The van der Waals surface area contributed by atoms with Crippen LogP contribution in [0.2, 0.25) is 0 Å². The third-order valence-electron chi connectivity index (χ3n) is 4.56. The van der Waals surface area contributed by atoms with Crippen LogP contribution in [0.5, 0.6) is 11.5 Å². The van der Waals surface area contributed by atoms with Crippen molar-refractivity contribution in [2.45, 2.75) is 17.7 Å². The van der Waals surface area contributed by atoms with E-state index in [2.05, 4.69) is 10.0 Å². The van der Waals surface area contributed by atoms with Crippen molar-refractivity contribution in [1.29, 1.82) is 0 Å². The van der Waals surface area contributed by atoms with Crippen LogP contribution in [0.1, 0.15) is 12.0 Å². The summed E-state index contributed by atoms with van der Waals surface area (Å²) in [5, 5.41) is 2.78. The fraction of sp³-hybridized carbons (Fsp3) is 0.174. The van der Waals surface area contributed by atoms with E-state index in [9.17, 15) is 13.2 Å². The lowest BCUT2D eigenvalue weighted by Gasteiger charge is -2.10. The molecule has 3 aromatic rings. The minimum atomic E-state index is -3.70. The van der Waals surface area contributed by atoms with Crippen molar-refractivity contribution in [2.24, 2.45) is 0 Å². The van der Waals surface area contributed by atoms with E-state index in [-0.39, 0.29) is 17.2 Å². The molecule has 0 spiro atoms. The van der Waals surface area contributed by atoms with E-state index in [1.165, 1.54) is 12.1 Å². The van der Waals surface area contributed by atoms with Crippen LogP contribution >= 0.6 is 0 Å². The van der Waals surface area contributed by atoms with Gasteiger partial charge in [0, 0.05) is 17.8 Å². The number of amides is 1. The van der Waals surface area contributed by atoms with Gasteiger partial charge in [-0.25, -0.2) is 8.42 Å². The quantitative estimate of drug-likeness (QED) is 0.523. The van der Waals surface area contributed by atoms with E-state index >= 15 is 0 Å². The van der Waals surface area contributed by atoms with Gasteiger partial charge in [-0.15, -0.1) is 0 Å². The summed E-state index contributed by atoms with van der Waals surface area (Å²) in [7, 11) is -0.570. The van der Waals surface area contributed by atoms with Crippen LogP contribution in [0.15, 0.2) is 77.7 Å². The summed E-state index contributed by atoms with van der Waals surface area (Å²) in [5.74, 6) is 1.07. The topological polar surface area (TPSA) is 93.7 Å². The van der Waals surface area contributed by atoms with E-state index < -0.39 is 10.0 Å². The van der Waals surface area contributed by atoms with Crippen LogP contribution < -0.4 is 19.5 Å². The largest absolute Gasteiger partial charge is 0.493 e. The monoisotopic (exact) mass is 440 g/mol. The smallest absolute Gasteiger partial charge is 0.261 e. The molecule has 1 amide bonds. The maximum atomic E-state index is 12.5. The first-order valence-corrected chi connectivity index (χ1v) is 11.1. The first-order chi connectivity index (χ1) is 14.9. The molecule has 7 nitrogen and oxygen atoms in total. The third-order valence-corrected chi connectivity index (χ3v) is 5.96. The number of methoxy groups -OCH3 is 2. The second-order valence-electron chi connectivity index (χ2n) is 6.73. The zero-order chi connectivity index (χ0) is 22.3. The SMILES string of the molecule is COc1ccc(CCC(=O)Nc2ccc(S(=O)(=O)Nc3ccccc3)cc2)cc1OC. The average Bonchev–Trinajstić information content (AvgIpc) is 2.78. The summed E-state index contributed by atoms with van der Waals surface area (Å²) in [4.78, 5) is 12.4. The Bertz CT molecular complexity index is 1130. The molecule has 0 radical (unpaired) electrons. The number of carbonyl (C=O) groups excluding carboxylic acids is 1. The highest BCUT2D eigenvalue weighted by Gasteiger charge is 2.14. The van der Waals surface area contributed by atoms with Crippen molar-refractivity contribution >= 4 is 27.3 Å². The average molecular weight is 441 g/mol. The Morgan fingerprint density at radius 1 is 0.839 bits per heavy atom.